The van der Waals surface area contributed by atoms with Gasteiger partial charge in [0.1, 0.15) is 29.5 Å². The minimum absolute atomic E-state index is 0.345. The predicted octanol–water partition coefficient (Wildman–Crippen LogP) is 4.82. The monoisotopic (exact) mass is 454 g/mol. The third kappa shape index (κ3) is 4.73. The van der Waals surface area contributed by atoms with E-state index in [0.29, 0.717) is 47.3 Å². The van der Waals surface area contributed by atoms with Gasteiger partial charge in [-0.3, -0.25) is 4.90 Å². The third-order valence-corrected chi connectivity index (χ3v) is 6.57. The fourth-order valence-corrected chi connectivity index (χ4v) is 4.61. The van der Waals surface area contributed by atoms with Gasteiger partial charge in [-0.1, -0.05) is 19.9 Å². The summed E-state index contributed by atoms with van der Waals surface area (Å²) in [6.07, 6.45) is 5.10. The first kappa shape index (κ1) is 21.2. The Kier molecular flexibility index (Phi) is 6.01. The Hall–Kier alpha value is -2.65. The van der Waals surface area contributed by atoms with Crippen LogP contribution >= 0.6 is 11.5 Å². The van der Waals surface area contributed by atoms with Crippen molar-refractivity contribution < 1.29 is 9.13 Å². The number of hydrogen-bond donors (Lipinski definition) is 1. The number of halogens is 1. The summed E-state index contributed by atoms with van der Waals surface area (Å²) in [6, 6.07) is 8.20. The molecule has 1 saturated carbocycles. The summed E-state index contributed by atoms with van der Waals surface area (Å²) >= 11 is 1.26. The summed E-state index contributed by atoms with van der Waals surface area (Å²) in [5.41, 5.74) is 1.77. The van der Waals surface area contributed by atoms with Gasteiger partial charge in [0.25, 0.3) is 0 Å². The SMILES string of the molecule is CC(C)c1cccnc1Nc1nc(-c2ccc(O[C@@H]3CCN(C4CC4)C[C@H]3F)cn2)ns1. The highest BCUT2D eigenvalue weighted by Gasteiger charge is 2.37. The lowest BCUT2D eigenvalue weighted by Crippen LogP contribution is -2.47. The summed E-state index contributed by atoms with van der Waals surface area (Å²) in [5, 5.41) is 3.92. The molecule has 2 atom stereocenters. The Balaban J connectivity index is 1.22. The number of pyridine rings is 2. The molecule has 3 aromatic heterocycles. The highest BCUT2D eigenvalue weighted by molar-refractivity contribution is 7.09. The van der Waals surface area contributed by atoms with Gasteiger partial charge in [0.15, 0.2) is 5.82 Å². The van der Waals surface area contributed by atoms with Crippen molar-refractivity contribution >= 4 is 22.5 Å². The standard InChI is InChI=1S/C23H27FN6OS/c1-14(2)17-4-3-10-25-21(17)27-23-28-22(29-32-23)19-8-7-16(12-26-19)31-20-9-11-30(13-18(20)24)15-5-6-15/h3-4,7-8,10,12,14-15,18,20H,5-6,9,11,13H2,1-2H3,(H,25,27,28,29)/t18-,20-/m1/s1. The summed E-state index contributed by atoms with van der Waals surface area (Å²) in [7, 11) is 0. The minimum atomic E-state index is -0.972. The zero-order valence-electron chi connectivity index (χ0n) is 18.2. The lowest BCUT2D eigenvalue weighted by atomic mass is 10.0. The molecule has 32 heavy (non-hydrogen) atoms. The number of alkyl halides is 1. The number of piperidine rings is 1. The van der Waals surface area contributed by atoms with Crippen LogP contribution in [0.25, 0.3) is 11.5 Å². The zero-order chi connectivity index (χ0) is 22.1. The van der Waals surface area contributed by atoms with Crippen LogP contribution in [-0.4, -0.2) is 55.6 Å². The molecule has 168 valence electrons. The molecule has 7 nitrogen and oxygen atoms in total. The Morgan fingerprint density at radius 1 is 1.19 bits per heavy atom. The minimum Gasteiger partial charge on any atom is -0.486 e. The molecule has 3 aromatic rings. The lowest BCUT2D eigenvalue weighted by Gasteiger charge is -2.34. The molecule has 0 amide bonds. The van der Waals surface area contributed by atoms with E-state index in [-0.39, 0.29) is 0 Å². The van der Waals surface area contributed by atoms with Crippen molar-refractivity contribution in [2.24, 2.45) is 0 Å². The van der Waals surface area contributed by atoms with E-state index in [1.807, 2.05) is 18.2 Å². The Labute approximate surface area is 191 Å². The van der Waals surface area contributed by atoms with Crippen LogP contribution in [0.5, 0.6) is 5.75 Å². The molecule has 0 unspecified atom stereocenters. The van der Waals surface area contributed by atoms with Crippen molar-refractivity contribution in [1.82, 2.24) is 24.2 Å². The van der Waals surface area contributed by atoms with Crippen LogP contribution < -0.4 is 10.1 Å². The molecule has 1 saturated heterocycles. The second-order valence-corrected chi connectivity index (χ2v) is 9.46. The molecule has 9 heteroatoms. The van der Waals surface area contributed by atoms with E-state index in [1.54, 1.807) is 12.4 Å². The topological polar surface area (TPSA) is 76.1 Å². The molecule has 0 radical (unpaired) electrons. The van der Waals surface area contributed by atoms with Gasteiger partial charge in [-0.2, -0.15) is 9.36 Å². The molecule has 0 aromatic carbocycles. The first-order chi connectivity index (χ1) is 15.6. The Bertz CT molecular complexity index is 1050. The fraction of sp³-hybridized carbons (Fsp3) is 0.478. The van der Waals surface area contributed by atoms with Gasteiger partial charge >= 0.3 is 0 Å². The molecule has 1 N–H and O–H groups in total. The Morgan fingerprint density at radius 2 is 2.06 bits per heavy atom. The van der Waals surface area contributed by atoms with E-state index in [4.69, 9.17) is 4.74 Å². The number of anilines is 2. The maximum absolute atomic E-state index is 14.6. The molecule has 4 heterocycles. The van der Waals surface area contributed by atoms with E-state index < -0.39 is 12.3 Å². The molecule has 2 fully saturated rings. The number of nitrogens with one attached hydrogen (secondary N) is 1. The van der Waals surface area contributed by atoms with Crippen LogP contribution in [0.1, 0.15) is 44.6 Å². The molecule has 1 aliphatic heterocycles. The van der Waals surface area contributed by atoms with Crippen molar-refractivity contribution in [3.8, 4) is 17.3 Å². The maximum atomic E-state index is 14.6. The van der Waals surface area contributed by atoms with Crippen molar-refractivity contribution in [3.63, 3.8) is 0 Å². The van der Waals surface area contributed by atoms with Crippen LogP contribution in [-0.2, 0) is 0 Å². The van der Waals surface area contributed by atoms with Gasteiger partial charge in [-0.25, -0.2) is 14.4 Å². The van der Waals surface area contributed by atoms with Gasteiger partial charge in [0, 0.05) is 36.9 Å². The molecule has 0 bridgehead atoms. The maximum Gasteiger partial charge on any atom is 0.208 e. The number of rotatable bonds is 7. The van der Waals surface area contributed by atoms with E-state index in [9.17, 15) is 4.39 Å². The number of hydrogen-bond acceptors (Lipinski definition) is 8. The summed E-state index contributed by atoms with van der Waals surface area (Å²) in [4.78, 5) is 15.7. The Morgan fingerprint density at radius 3 is 2.78 bits per heavy atom. The van der Waals surface area contributed by atoms with Gasteiger partial charge in [-0.05, 0) is 48.9 Å². The lowest BCUT2D eigenvalue weighted by molar-refractivity contribution is 0.0188. The number of ether oxygens (including phenoxy) is 1. The normalized spacial score (nSPS) is 21.6. The van der Waals surface area contributed by atoms with E-state index in [1.165, 1.54) is 24.4 Å². The van der Waals surface area contributed by atoms with E-state index >= 15 is 0 Å². The average Bonchev–Trinajstić information content (AvgIpc) is 3.55. The van der Waals surface area contributed by atoms with Crippen molar-refractivity contribution in [1.29, 1.82) is 0 Å². The van der Waals surface area contributed by atoms with Crippen LogP contribution in [0, 0.1) is 0 Å². The van der Waals surface area contributed by atoms with Crippen molar-refractivity contribution in [3.05, 3.63) is 42.2 Å². The van der Waals surface area contributed by atoms with Gasteiger partial charge in [-0.15, -0.1) is 0 Å². The van der Waals surface area contributed by atoms with Crippen molar-refractivity contribution in [2.75, 3.05) is 18.4 Å². The molecule has 2 aliphatic rings. The number of aromatic nitrogens is 4. The van der Waals surface area contributed by atoms with Crippen molar-refractivity contribution in [2.45, 2.75) is 57.3 Å². The third-order valence-electron chi connectivity index (χ3n) is 5.94. The fourth-order valence-electron chi connectivity index (χ4n) is 4.04. The molecular formula is C23H27FN6OS. The highest BCUT2D eigenvalue weighted by atomic mass is 32.1. The average molecular weight is 455 g/mol. The first-order valence-electron chi connectivity index (χ1n) is 11.1. The smallest absolute Gasteiger partial charge is 0.208 e. The van der Waals surface area contributed by atoms with E-state index in [2.05, 4.69) is 49.5 Å². The van der Waals surface area contributed by atoms with Crippen LogP contribution in [0.15, 0.2) is 36.7 Å². The molecular weight excluding hydrogens is 427 g/mol. The largest absolute Gasteiger partial charge is 0.486 e. The molecule has 5 rings (SSSR count). The van der Waals surface area contributed by atoms with Crippen LogP contribution in [0.3, 0.4) is 0 Å². The van der Waals surface area contributed by atoms with Gasteiger partial charge in [0.05, 0.1) is 6.20 Å². The quantitative estimate of drug-likeness (QED) is 0.549. The molecule has 1 aliphatic carbocycles. The van der Waals surface area contributed by atoms with Crippen LogP contribution in [0.4, 0.5) is 15.3 Å². The number of likely N-dealkylation sites (tertiary alicyclic amines) is 1. The number of nitrogens with zero attached hydrogens (tertiary/aromatic N) is 5. The predicted molar refractivity (Wildman–Crippen MR) is 123 cm³/mol. The second kappa shape index (κ2) is 9.07. The second-order valence-electron chi connectivity index (χ2n) is 8.71. The van der Waals surface area contributed by atoms with E-state index in [0.717, 1.165) is 17.9 Å². The highest BCUT2D eigenvalue weighted by Crippen LogP contribution is 2.32. The molecule has 0 spiro atoms. The van der Waals surface area contributed by atoms with Crippen LogP contribution in [0.2, 0.25) is 0 Å². The summed E-state index contributed by atoms with van der Waals surface area (Å²) < 4.78 is 24.9. The summed E-state index contributed by atoms with van der Waals surface area (Å²) in [6.45, 7) is 5.62. The summed E-state index contributed by atoms with van der Waals surface area (Å²) in [5.74, 6) is 2.24. The zero-order valence-corrected chi connectivity index (χ0v) is 19.1. The van der Waals surface area contributed by atoms with Gasteiger partial charge in [0.2, 0.25) is 5.13 Å². The first-order valence-corrected chi connectivity index (χ1v) is 11.9. The van der Waals surface area contributed by atoms with Gasteiger partial charge < -0.3 is 10.1 Å².